The van der Waals surface area contributed by atoms with Crippen LogP contribution in [0.3, 0.4) is 0 Å². The normalized spacial score (nSPS) is 13.5. The quantitative estimate of drug-likeness (QED) is 0.805. The van der Waals surface area contributed by atoms with Crippen molar-refractivity contribution in [1.29, 1.82) is 0 Å². The van der Waals surface area contributed by atoms with Gasteiger partial charge >= 0.3 is 0 Å². The van der Waals surface area contributed by atoms with E-state index in [1.165, 1.54) is 0 Å². The Morgan fingerprint density at radius 3 is 2.52 bits per heavy atom. The molecule has 1 aliphatic rings. The molecule has 0 aliphatic carbocycles. The summed E-state index contributed by atoms with van der Waals surface area (Å²) in [6.45, 7) is 8.10. The first-order valence-electron chi connectivity index (χ1n) is 8.02. The van der Waals surface area contributed by atoms with Gasteiger partial charge in [-0.3, -0.25) is 14.9 Å². The first kappa shape index (κ1) is 15.5. The fourth-order valence-corrected chi connectivity index (χ4v) is 3.03. The summed E-state index contributed by atoms with van der Waals surface area (Å²) >= 11 is 0. The van der Waals surface area contributed by atoms with Gasteiger partial charge in [-0.05, 0) is 36.7 Å². The lowest BCUT2D eigenvalue weighted by Gasteiger charge is -2.20. The molecule has 23 heavy (non-hydrogen) atoms. The Kier molecular flexibility index (Phi) is 4.30. The summed E-state index contributed by atoms with van der Waals surface area (Å²) in [5.74, 6) is -0.651. The number of nitrogens with one attached hydrogen (secondary N) is 2. The molecule has 0 aromatic heterocycles. The van der Waals surface area contributed by atoms with E-state index in [1.807, 2.05) is 24.3 Å². The lowest BCUT2D eigenvalue weighted by Crippen LogP contribution is -2.34. The molecule has 0 unspecified atom stereocenters. The number of carbonyl (C=O) groups is 2. The molecule has 1 heterocycles. The van der Waals surface area contributed by atoms with Crippen LogP contribution in [-0.4, -0.2) is 42.9 Å². The number of hydrogen-bond donors (Lipinski definition) is 2. The average Bonchev–Trinajstić information content (AvgIpc) is 2.56. The van der Waals surface area contributed by atoms with Gasteiger partial charge in [0, 0.05) is 29.7 Å². The molecule has 5 nitrogen and oxygen atoms in total. The van der Waals surface area contributed by atoms with E-state index < -0.39 is 0 Å². The number of anilines is 1. The van der Waals surface area contributed by atoms with Crippen LogP contribution in [-0.2, 0) is 0 Å². The van der Waals surface area contributed by atoms with Crippen LogP contribution in [0.4, 0.5) is 5.69 Å². The van der Waals surface area contributed by atoms with Gasteiger partial charge in [-0.15, -0.1) is 0 Å². The van der Waals surface area contributed by atoms with E-state index in [0.29, 0.717) is 11.1 Å². The predicted octanol–water partition coefficient (Wildman–Crippen LogP) is 2.48. The molecular formula is C18H21N3O2. The molecular weight excluding hydrogens is 290 g/mol. The van der Waals surface area contributed by atoms with Gasteiger partial charge in [-0.25, -0.2) is 0 Å². The first-order chi connectivity index (χ1) is 11.1. The summed E-state index contributed by atoms with van der Waals surface area (Å²) in [5, 5.41) is 7.44. The maximum Gasteiger partial charge on any atom is 0.258 e. The SMILES string of the molecule is CCN(CC)CCNc1cc2c3c(cccc3c1)C(=O)NC2=O. The second-order valence-electron chi connectivity index (χ2n) is 5.66. The molecule has 0 saturated carbocycles. The van der Waals surface area contributed by atoms with Crippen molar-refractivity contribution in [3.8, 4) is 0 Å². The van der Waals surface area contributed by atoms with E-state index >= 15 is 0 Å². The highest BCUT2D eigenvalue weighted by Crippen LogP contribution is 2.29. The van der Waals surface area contributed by atoms with Gasteiger partial charge in [0.1, 0.15) is 0 Å². The van der Waals surface area contributed by atoms with Crippen molar-refractivity contribution in [2.24, 2.45) is 0 Å². The van der Waals surface area contributed by atoms with Crippen molar-refractivity contribution in [2.75, 3.05) is 31.5 Å². The Bertz CT molecular complexity index is 766. The second-order valence-corrected chi connectivity index (χ2v) is 5.66. The molecule has 0 saturated heterocycles. The molecule has 1 aliphatic heterocycles. The third kappa shape index (κ3) is 2.92. The summed E-state index contributed by atoms with van der Waals surface area (Å²) in [6, 6.07) is 9.35. The fourth-order valence-electron chi connectivity index (χ4n) is 3.03. The minimum Gasteiger partial charge on any atom is -0.384 e. The number of hydrogen-bond acceptors (Lipinski definition) is 4. The summed E-state index contributed by atoms with van der Waals surface area (Å²) in [7, 11) is 0. The van der Waals surface area contributed by atoms with Crippen LogP contribution in [0.15, 0.2) is 30.3 Å². The Morgan fingerprint density at radius 2 is 1.78 bits per heavy atom. The zero-order chi connectivity index (χ0) is 16.4. The van der Waals surface area contributed by atoms with Crippen molar-refractivity contribution >= 4 is 28.3 Å². The second kappa shape index (κ2) is 6.38. The van der Waals surface area contributed by atoms with Crippen molar-refractivity contribution in [1.82, 2.24) is 10.2 Å². The highest BCUT2D eigenvalue weighted by molar-refractivity contribution is 6.26. The van der Waals surface area contributed by atoms with Crippen LogP contribution in [0, 0.1) is 0 Å². The standard InChI is InChI=1S/C18H21N3O2/c1-3-21(4-2)9-8-19-13-10-12-6-5-7-14-16(12)15(11-13)18(23)20-17(14)22/h5-7,10-11,19H,3-4,8-9H2,1-2H3,(H,20,22,23). The number of carbonyl (C=O) groups excluding carboxylic acids is 2. The summed E-state index contributed by atoms with van der Waals surface area (Å²) < 4.78 is 0. The molecule has 0 spiro atoms. The average molecular weight is 311 g/mol. The monoisotopic (exact) mass is 311 g/mol. The molecule has 2 amide bonds. The largest absolute Gasteiger partial charge is 0.384 e. The predicted molar refractivity (Wildman–Crippen MR) is 92.0 cm³/mol. The van der Waals surface area contributed by atoms with Crippen LogP contribution in [0.5, 0.6) is 0 Å². The third-order valence-electron chi connectivity index (χ3n) is 4.34. The number of imide groups is 1. The molecule has 120 valence electrons. The van der Waals surface area contributed by atoms with Crippen LogP contribution in [0.2, 0.25) is 0 Å². The Morgan fingerprint density at radius 1 is 1.04 bits per heavy atom. The van der Waals surface area contributed by atoms with Crippen LogP contribution in [0.25, 0.3) is 10.8 Å². The minimum absolute atomic E-state index is 0.324. The van der Waals surface area contributed by atoms with Gasteiger partial charge in [0.15, 0.2) is 0 Å². The molecule has 2 aromatic rings. The first-order valence-corrected chi connectivity index (χ1v) is 8.02. The molecule has 0 bridgehead atoms. The van der Waals surface area contributed by atoms with E-state index in [4.69, 9.17) is 0 Å². The van der Waals surface area contributed by atoms with Gasteiger partial charge in [0.2, 0.25) is 0 Å². The number of benzene rings is 2. The third-order valence-corrected chi connectivity index (χ3v) is 4.34. The van der Waals surface area contributed by atoms with Crippen LogP contribution < -0.4 is 10.6 Å². The lowest BCUT2D eigenvalue weighted by atomic mass is 9.94. The number of rotatable bonds is 6. The van der Waals surface area contributed by atoms with Gasteiger partial charge < -0.3 is 10.2 Å². The molecule has 0 atom stereocenters. The number of amides is 2. The zero-order valence-corrected chi connectivity index (χ0v) is 13.5. The van der Waals surface area contributed by atoms with E-state index in [-0.39, 0.29) is 11.8 Å². The maximum atomic E-state index is 12.1. The molecule has 2 N–H and O–H groups in total. The zero-order valence-electron chi connectivity index (χ0n) is 13.5. The number of nitrogens with zero attached hydrogens (tertiary/aromatic N) is 1. The van der Waals surface area contributed by atoms with Crippen LogP contribution in [0.1, 0.15) is 34.6 Å². The van der Waals surface area contributed by atoms with E-state index in [2.05, 4.69) is 29.4 Å². The van der Waals surface area contributed by atoms with Crippen molar-refractivity contribution in [3.63, 3.8) is 0 Å². The van der Waals surface area contributed by atoms with Gasteiger partial charge in [0.05, 0.1) is 5.56 Å². The Labute approximate surface area is 135 Å². The number of likely N-dealkylation sites (N-methyl/N-ethyl adjacent to an activating group) is 1. The van der Waals surface area contributed by atoms with Gasteiger partial charge in [0.25, 0.3) is 11.8 Å². The molecule has 0 fully saturated rings. The fraction of sp³-hybridized carbons (Fsp3) is 0.333. The van der Waals surface area contributed by atoms with Crippen molar-refractivity contribution in [2.45, 2.75) is 13.8 Å². The lowest BCUT2D eigenvalue weighted by molar-refractivity contribution is 0.0845. The van der Waals surface area contributed by atoms with E-state index in [9.17, 15) is 9.59 Å². The summed E-state index contributed by atoms with van der Waals surface area (Å²) in [5.41, 5.74) is 2.02. The van der Waals surface area contributed by atoms with E-state index in [1.54, 1.807) is 6.07 Å². The Hall–Kier alpha value is -2.40. The summed E-state index contributed by atoms with van der Waals surface area (Å²) in [4.78, 5) is 26.4. The molecule has 2 aromatic carbocycles. The summed E-state index contributed by atoms with van der Waals surface area (Å²) in [6.07, 6.45) is 0. The van der Waals surface area contributed by atoms with Crippen molar-refractivity contribution < 1.29 is 9.59 Å². The van der Waals surface area contributed by atoms with Gasteiger partial charge in [-0.1, -0.05) is 26.0 Å². The molecule has 5 heteroatoms. The van der Waals surface area contributed by atoms with Gasteiger partial charge in [-0.2, -0.15) is 0 Å². The molecule has 3 rings (SSSR count). The van der Waals surface area contributed by atoms with Crippen LogP contribution >= 0.6 is 0 Å². The highest BCUT2D eigenvalue weighted by Gasteiger charge is 2.25. The maximum absolute atomic E-state index is 12.1. The topological polar surface area (TPSA) is 61.4 Å². The Balaban J connectivity index is 1.90. The van der Waals surface area contributed by atoms with E-state index in [0.717, 1.165) is 42.6 Å². The smallest absolute Gasteiger partial charge is 0.258 e. The molecule has 0 radical (unpaired) electrons. The van der Waals surface area contributed by atoms with Crippen molar-refractivity contribution in [3.05, 3.63) is 41.5 Å². The minimum atomic E-state index is -0.328. The highest BCUT2D eigenvalue weighted by atomic mass is 16.2.